The van der Waals surface area contributed by atoms with Crippen LogP contribution in [0.2, 0.25) is 0 Å². The van der Waals surface area contributed by atoms with Crippen LogP contribution in [0, 0.1) is 0 Å². The second-order valence-corrected chi connectivity index (χ2v) is 6.57. The Morgan fingerprint density at radius 2 is 1.40 bits per heavy atom. The molecule has 154 valence electrons. The highest BCUT2D eigenvalue weighted by atomic mass is 16.5. The Kier molecular flexibility index (Phi) is 7.05. The molecule has 0 aliphatic rings. The van der Waals surface area contributed by atoms with Gasteiger partial charge in [0.2, 0.25) is 0 Å². The summed E-state index contributed by atoms with van der Waals surface area (Å²) < 4.78 is 15.8. The van der Waals surface area contributed by atoms with E-state index in [1.807, 2.05) is 60.7 Å². The molecule has 30 heavy (non-hydrogen) atoms. The molecule has 6 heteroatoms. The van der Waals surface area contributed by atoms with Crippen molar-refractivity contribution in [1.29, 1.82) is 0 Å². The Hall–Kier alpha value is -3.80. The molecule has 1 N–H and O–H groups in total. The molecule has 3 rings (SSSR count). The topological polar surface area (TPSA) is 82.1 Å². The highest BCUT2D eigenvalue weighted by molar-refractivity contribution is 5.95. The predicted molar refractivity (Wildman–Crippen MR) is 110 cm³/mol. The van der Waals surface area contributed by atoms with Gasteiger partial charge in [0.05, 0.1) is 13.5 Å². The normalized spacial score (nSPS) is 10.3. The van der Waals surface area contributed by atoms with Crippen LogP contribution in [0.3, 0.4) is 0 Å². The largest absolute Gasteiger partial charge is 0.507 e. The molecule has 0 bridgehead atoms. The molecule has 0 spiro atoms. The summed E-state index contributed by atoms with van der Waals surface area (Å²) in [6, 6.07) is 21.3. The zero-order chi connectivity index (χ0) is 21.3. The molecule has 0 aromatic heterocycles. The van der Waals surface area contributed by atoms with Gasteiger partial charge in [-0.3, -0.25) is 4.79 Å². The summed E-state index contributed by atoms with van der Waals surface area (Å²) in [5.74, 6) is -1.27. The zero-order valence-corrected chi connectivity index (χ0v) is 16.5. The maximum atomic E-state index is 12.6. The first-order valence-electron chi connectivity index (χ1n) is 9.37. The molecule has 0 amide bonds. The molecule has 6 nitrogen and oxygen atoms in total. The van der Waals surface area contributed by atoms with E-state index in [4.69, 9.17) is 14.2 Å². The van der Waals surface area contributed by atoms with Gasteiger partial charge in [-0.1, -0.05) is 60.7 Å². The van der Waals surface area contributed by atoms with Gasteiger partial charge in [-0.2, -0.15) is 0 Å². The van der Waals surface area contributed by atoms with Gasteiger partial charge in [0.25, 0.3) is 0 Å². The average molecular weight is 406 g/mol. The van der Waals surface area contributed by atoms with E-state index in [0.717, 1.165) is 11.1 Å². The number of aromatic hydroxyl groups is 1. The van der Waals surface area contributed by atoms with Crippen LogP contribution in [-0.4, -0.2) is 24.2 Å². The van der Waals surface area contributed by atoms with Crippen molar-refractivity contribution in [3.8, 4) is 11.5 Å². The number of benzene rings is 3. The summed E-state index contributed by atoms with van der Waals surface area (Å²) in [7, 11) is 1.43. The molecule has 3 aromatic rings. The molecular weight excluding hydrogens is 384 g/mol. The van der Waals surface area contributed by atoms with E-state index in [-0.39, 0.29) is 36.5 Å². The number of carbonyl (C=O) groups is 2. The zero-order valence-electron chi connectivity index (χ0n) is 16.5. The fraction of sp³-hybridized carbons (Fsp3) is 0.167. The quantitative estimate of drug-likeness (QED) is 0.569. The lowest BCUT2D eigenvalue weighted by molar-refractivity contribution is -0.144. The minimum Gasteiger partial charge on any atom is -0.507 e. The van der Waals surface area contributed by atoms with E-state index in [2.05, 4.69) is 0 Å². The summed E-state index contributed by atoms with van der Waals surface area (Å²) in [6.45, 7) is 0.159. The van der Waals surface area contributed by atoms with Crippen LogP contribution in [0.5, 0.6) is 11.5 Å². The number of phenolic OH excluding ortho intramolecular Hbond substituents is 1. The van der Waals surface area contributed by atoms with Crippen molar-refractivity contribution in [1.82, 2.24) is 0 Å². The van der Waals surface area contributed by atoms with Crippen molar-refractivity contribution in [3.63, 3.8) is 0 Å². The Morgan fingerprint density at radius 3 is 1.97 bits per heavy atom. The van der Waals surface area contributed by atoms with Crippen LogP contribution in [0.25, 0.3) is 0 Å². The van der Waals surface area contributed by atoms with Gasteiger partial charge >= 0.3 is 11.9 Å². The number of carbonyl (C=O) groups excluding carboxylic acids is 2. The number of hydrogen-bond acceptors (Lipinski definition) is 6. The lowest BCUT2D eigenvalue weighted by atomic mass is 10.0. The average Bonchev–Trinajstić information content (AvgIpc) is 2.77. The lowest BCUT2D eigenvalue weighted by Gasteiger charge is -2.13. The summed E-state index contributed by atoms with van der Waals surface area (Å²) >= 11 is 0. The highest BCUT2D eigenvalue weighted by Gasteiger charge is 2.22. The van der Waals surface area contributed by atoms with Gasteiger partial charge in [-0.15, -0.1) is 0 Å². The molecule has 0 atom stereocenters. The van der Waals surface area contributed by atoms with Crippen LogP contribution < -0.4 is 4.74 Å². The van der Waals surface area contributed by atoms with E-state index >= 15 is 0 Å². The Bertz CT molecular complexity index is 999. The molecule has 0 saturated carbocycles. The second kappa shape index (κ2) is 10.1. The summed E-state index contributed by atoms with van der Waals surface area (Å²) in [5, 5.41) is 10.4. The standard InChI is InChI=1S/C24H22O6/c1-28-20-12-19(13-22(26)29-15-17-8-4-2-5-9-17)23(21(25)14-20)24(27)30-16-18-10-6-3-7-11-18/h2-12,14,25H,13,15-16H2,1H3. The molecule has 0 unspecified atom stereocenters. The monoisotopic (exact) mass is 406 g/mol. The SMILES string of the molecule is COc1cc(O)c(C(=O)OCc2ccccc2)c(CC(=O)OCc2ccccc2)c1. The minimum atomic E-state index is -0.732. The molecule has 0 aliphatic heterocycles. The number of rotatable bonds is 8. The van der Waals surface area contributed by atoms with Gasteiger partial charge in [-0.05, 0) is 22.8 Å². The van der Waals surface area contributed by atoms with Gasteiger partial charge in [-0.25, -0.2) is 4.79 Å². The Labute approximate surface area is 174 Å². The molecule has 0 radical (unpaired) electrons. The third kappa shape index (κ3) is 5.61. The summed E-state index contributed by atoms with van der Waals surface area (Å²) in [6.07, 6.45) is -0.215. The van der Waals surface area contributed by atoms with Gasteiger partial charge in [0.15, 0.2) is 0 Å². The van der Waals surface area contributed by atoms with E-state index in [1.54, 1.807) is 0 Å². The van der Waals surface area contributed by atoms with Crippen molar-refractivity contribution >= 4 is 11.9 Å². The molecule has 0 aliphatic carbocycles. The summed E-state index contributed by atoms with van der Waals surface area (Å²) in [5.41, 5.74) is 1.84. The maximum absolute atomic E-state index is 12.6. The van der Waals surface area contributed by atoms with Crippen LogP contribution in [0.15, 0.2) is 72.8 Å². The van der Waals surface area contributed by atoms with Gasteiger partial charge in [0.1, 0.15) is 30.3 Å². The van der Waals surface area contributed by atoms with Crippen LogP contribution in [0.4, 0.5) is 0 Å². The van der Waals surface area contributed by atoms with E-state index in [0.29, 0.717) is 5.75 Å². The van der Waals surface area contributed by atoms with Crippen molar-refractivity contribution in [3.05, 3.63) is 95.1 Å². The van der Waals surface area contributed by atoms with E-state index < -0.39 is 11.9 Å². The maximum Gasteiger partial charge on any atom is 0.342 e. The number of methoxy groups -OCH3 is 1. The van der Waals surface area contributed by atoms with Crippen molar-refractivity contribution in [2.45, 2.75) is 19.6 Å². The third-order valence-electron chi connectivity index (χ3n) is 4.40. The summed E-state index contributed by atoms with van der Waals surface area (Å²) in [4.78, 5) is 25.0. The molecule has 0 fully saturated rings. The van der Waals surface area contributed by atoms with Crippen LogP contribution >= 0.6 is 0 Å². The Morgan fingerprint density at radius 1 is 0.833 bits per heavy atom. The van der Waals surface area contributed by atoms with Gasteiger partial charge < -0.3 is 19.3 Å². The van der Waals surface area contributed by atoms with Crippen molar-refractivity contribution < 1.29 is 28.9 Å². The fourth-order valence-electron chi connectivity index (χ4n) is 2.89. The Balaban J connectivity index is 1.74. The molecule has 3 aromatic carbocycles. The number of esters is 2. The van der Waals surface area contributed by atoms with Crippen molar-refractivity contribution in [2.75, 3.05) is 7.11 Å². The van der Waals surface area contributed by atoms with Crippen LogP contribution in [-0.2, 0) is 33.9 Å². The number of phenols is 1. The first-order valence-corrected chi connectivity index (χ1v) is 9.37. The molecule has 0 saturated heterocycles. The minimum absolute atomic E-state index is 0.0447. The smallest absolute Gasteiger partial charge is 0.342 e. The lowest BCUT2D eigenvalue weighted by Crippen LogP contribution is -2.14. The fourth-order valence-corrected chi connectivity index (χ4v) is 2.89. The third-order valence-corrected chi connectivity index (χ3v) is 4.40. The number of hydrogen-bond donors (Lipinski definition) is 1. The van der Waals surface area contributed by atoms with Crippen molar-refractivity contribution in [2.24, 2.45) is 0 Å². The predicted octanol–water partition coefficient (Wildman–Crippen LogP) is 4.04. The van der Waals surface area contributed by atoms with E-state index in [9.17, 15) is 14.7 Å². The second-order valence-electron chi connectivity index (χ2n) is 6.57. The number of ether oxygens (including phenoxy) is 3. The highest BCUT2D eigenvalue weighted by Crippen LogP contribution is 2.29. The van der Waals surface area contributed by atoms with Crippen LogP contribution in [0.1, 0.15) is 27.0 Å². The first-order chi connectivity index (χ1) is 14.6. The molecular formula is C24H22O6. The molecule has 0 heterocycles. The first kappa shape index (κ1) is 20.9. The van der Waals surface area contributed by atoms with E-state index in [1.165, 1.54) is 19.2 Å². The van der Waals surface area contributed by atoms with Gasteiger partial charge in [0, 0.05) is 6.07 Å².